The standard InChI is InChI=1S/C11H17NO4/c1-3-15-11(13)10-5-4-9(16-10)8-12-6-7-14-2/h4-5,12H,3,6-8H2,1-2H3. The molecule has 0 saturated carbocycles. The monoisotopic (exact) mass is 227 g/mol. The highest BCUT2D eigenvalue weighted by molar-refractivity contribution is 5.86. The Morgan fingerprint density at radius 3 is 3.00 bits per heavy atom. The predicted octanol–water partition coefficient (Wildman–Crippen LogP) is 1.19. The van der Waals surface area contributed by atoms with Gasteiger partial charge in [-0.25, -0.2) is 4.79 Å². The Balaban J connectivity index is 2.36. The van der Waals surface area contributed by atoms with E-state index in [1.54, 1.807) is 26.2 Å². The molecule has 0 aliphatic carbocycles. The number of esters is 1. The summed E-state index contributed by atoms with van der Waals surface area (Å²) in [6.07, 6.45) is 0. The lowest BCUT2D eigenvalue weighted by atomic mass is 10.4. The molecule has 0 bridgehead atoms. The van der Waals surface area contributed by atoms with Crippen LogP contribution < -0.4 is 5.32 Å². The second-order valence-corrected chi connectivity index (χ2v) is 3.16. The number of carbonyl (C=O) groups is 1. The number of ether oxygens (including phenoxy) is 2. The molecule has 1 heterocycles. The van der Waals surface area contributed by atoms with Crippen LogP contribution >= 0.6 is 0 Å². The van der Waals surface area contributed by atoms with Crippen LogP contribution in [0.2, 0.25) is 0 Å². The van der Waals surface area contributed by atoms with Crippen molar-refractivity contribution >= 4 is 5.97 Å². The largest absolute Gasteiger partial charge is 0.460 e. The van der Waals surface area contributed by atoms with Gasteiger partial charge in [0.1, 0.15) is 5.76 Å². The van der Waals surface area contributed by atoms with E-state index in [9.17, 15) is 4.79 Å². The Morgan fingerprint density at radius 2 is 2.31 bits per heavy atom. The zero-order valence-corrected chi connectivity index (χ0v) is 9.62. The number of hydrogen-bond donors (Lipinski definition) is 1. The molecule has 1 aromatic heterocycles. The van der Waals surface area contributed by atoms with Gasteiger partial charge in [-0.05, 0) is 19.1 Å². The van der Waals surface area contributed by atoms with Gasteiger partial charge >= 0.3 is 5.97 Å². The minimum Gasteiger partial charge on any atom is -0.460 e. The van der Waals surface area contributed by atoms with Crippen LogP contribution in [0.15, 0.2) is 16.5 Å². The number of methoxy groups -OCH3 is 1. The molecule has 1 N–H and O–H groups in total. The van der Waals surface area contributed by atoms with E-state index in [2.05, 4.69) is 5.32 Å². The van der Waals surface area contributed by atoms with Crippen molar-refractivity contribution in [2.45, 2.75) is 13.5 Å². The number of carbonyl (C=O) groups excluding carboxylic acids is 1. The molecular formula is C11H17NO4. The summed E-state index contributed by atoms with van der Waals surface area (Å²) in [6.45, 7) is 4.06. The minimum absolute atomic E-state index is 0.241. The quantitative estimate of drug-likeness (QED) is 0.560. The summed E-state index contributed by atoms with van der Waals surface area (Å²) >= 11 is 0. The topological polar surface area (TPSA) is 60.7 Å². The molecule has 16 heavy (non-hydrogen) atoms. The smallest absolute Gasteiger partial charge is 0.374 e. The molecule has 1 rings (SSSR count). The van der Waals surface area contributed by atoms with Gasteiger partial charge in [-0.2, -0.15) is 0 Å². The highest BCUT2D eigenvalue weighted by atomic mass is 16.5. The molecule has 0 amide bonds. The average molecular weight is 227 g/mol. The van der Waals surface area contributed by atoms with Gasteiger partial charge in [0.05, 0.1) is 19.8 Å². The third kappa shape index (κ3) is 4.04. The molecule has 0 spiro atoms. The van der Waals surface area contributed by atoms with Gasteiger partial charge < -0.3 is 19.2 Å². The van der Waals surface area contributed by atoms with Gasteiger partial charge in [0, 0.05) is 13.7 Å². The predicted molar refractivity (Wildman–Crippen MR) is 58.2 cm³/mol. The molecule has 0 fully saturated rings. The fourth-order valence-corrected chi connectivity index (χ4v) is 1.17. The zero-order valence-electron chi connectivity index (χ0n) is 9.62. The Labute approximate surface area is 94.7 Å². The summed E-state index contributed by atoms with van der Waals surface area (Å²) in [7, 11) is 1.65. The molecule has 5 heteroatoms. The molecule has 0 unspecified atom stereocenters. The van der Waals surface area contributed by atoms with Crippen LogP contribution in [-0.2, 0) is 16.0 Å². The lowest BCUT2D eigenvalue weighted by Crippen LogP contribution is -2.18. The van der Waals surface area contributed by atoms with Crippen LogP contribution in [0, 0.1) is 0 Å². The first kappa shape index (κ1) is 12.7. The molecule has 0 radical (unpaired) electrons. The zero-order chi connectivity index (χ0) is 11.8. The van der Waals surface area contributed by atoms with Gasteiger partial charge in [-0.3, -0.25) is 0 Å². The van der Waals surface area contributed by atoms with Crippen LogP contribution in [-0.4, -0.2) is 32.8 Å². The highest BCUT2D eigenvalue weighted by Gasteiger charge is 2.11. The van der Waals surface area contributed by atoms with Crippen molar-refractivity contribution in [3.63, 3.8) is 0 Å². The lowest BCUT2D eigenvalue weighted by molar-refractivity contribution is 0.0488. The van der Waals surface area contributed by atoms with E-state index in [4.69, 9.17) is 13.9 Å². The van der Waals surface area contributed by atoms with E-state index >= 15 is 0 Å². The SMILES string of the molecule is CCOC(=O)c1ccc(CNCCOC)o1. The Bertz CT molecular complexity index is 322. The summed E-state index contributed by atoms with van der Waals surface area (Å²) in [6, 6.07) is 3.37. The molecule has 0 aliphatic heterocycles. The van der Waals surface area contributed by atoms with Gasteiger partial charge in [0.2, 0.25) is 5.76 Å². The van der Waals surface area contributed by atoms with E-state index < -0.39 is 5.97 Å². The van der Waals surface area contributed by atoms with E-state index in [0.717, 1.165) is 6.54 Å². The number of hydrogen-bond acceptors (Lipinski definition) is 5. The van der Waals surface area contributed by atoms with Gasteiger partial charge in [0.25, 0.3) is 0 Å². The Kier molecular flexibility index (Phi) is 5.60. The molecule has 0 atom stereocenters. The highest BCUT2D eigenvalue weighted by Crippen LogP contribution is 2.08. The third-order valence-electron chi connectivity index (χ3n) is 1.92. The second kappa shape index (κ2) is 7.03. The van der Waals surface area contributed by atoms with Crippen molar-refractivity contribution in [3.8, 4) is 0 Å². The van der Waals surface area contributed by atoms with Crippen LogP contribution in [0.1, 0.15) is 23.2 Å². The second-order valence-electron chi connectivity index (χ2n) is 3.16. The van der Waals surface area contributed by atoms with Crippen LogP contribution in [0.5, 0.6) is 0 Å². The van der Waals surface area contributed by atoms with E-state index in [0.29, 0.717) is 25.5 Å². The van der Waals surface area contributed by atoms with E-state index in [1.165, 1.54) is 0 Å². The normalized spacial score (nSPS) is 10.4. The summed E-state index contributed by atoms with van der Waals surface area (Å²) in [5.41, 5.74) is 0. The first-order chi connectivity index (χ1) is 7.77. The lowest BCUT2D eigenvalue weighted by Gasteiger charge is -2.01. The third-order valence-corrected chi connectivity index (χ3v) is 1.92. The molecule has 90 valence electrons. The van der Waals surface area contributed by atoms with E-state index in [1.807, 2.05) is 0 Å². The van der Waals surface area contributed by atoms with Crippen molar-refractivity contribution in [1.82, 2.24) is 5.32 Å². The van der Waals surface area contributed by atoms with Crippen molar-refractivity contribution in [2.24, 2.45) is 0 Å². The Hall–Kier alpha value is -1.33. The van der Waals surface area contributed by atoms with Crippen molar-refractivity contribution in [3.05, 3.63) is 23.7 Å². The molecule has 0 aliphatic rings. The maximum atomic E-state index is 11.3. The maximum absolute atomic E-state index is 11.3. The Morgan fingerprint density at radius 1 is 1.50 bits per heavy atom. The van der Waals surface area contributed by atoms with E-state index in [-0.39, 0.29) is 5.76 Å². The fourth-order valence-electron chi connectivity index (χ4n) is 1.17. The first-order valence-electron chi connectivity index (χ1n) is 5.23. The van der Waals surface area contributed by atoms with Crippen molar-refractivity contribution in [1.29, 1.82) is 0 Å². The first-order valence-corrected chi connectivity index (χ1v) is 5.23. The van der Waals surface area contributed by atoms with Gasteiger partial charge in [-0.1, -0.05) is 0 Å². The van der Waals surface area contributed by atoms with Crippen LogP contribution in [0.25, 0.3) is 0 Å². The van der Waals surface area contributed by atoms with Crippen LogP contribution in [0.3, 0.4) is 0 Å². The maximum Gasteiger partial charge on any atom is 0.374 e. The molecular weight excluding hydrogens is 210 g/mol. The fraction of sp³-hybridized carbons (Fsp3) is 0.545. The average Bonchev–Trinajstić information content (AvgIpc) is 2.73. The van der Waals surface area contributed by atoms with Crippen LogP contribution in [0.4, 0.5) is 0 Å². The molecule has 1 aromatic rings. The summed E-state index contributed by atoms with van der Waals surface area (Å²) in [4.78, 5) is 11.3. The number of furan rings is 1. The molecule has 0 saturated heterocycles. The minimum atomic E-state index is -0.425. The van der Waals surface area contributed by atoms with Crippen molar-refractivity contribution < 1.29 is 18.7 Å². The molecule has 0 aromatic carbocycles. The summed E-state index contributed by atoms with van der Waals surface area (Å²) < 4.78 is 15.0. The summed E-state index contributed by atoms with van der Waals surface area (Å²) in [5.74, 6) is 0.523. The number of nitrogens with one attached hydrogen (secondary N) is 1. The van der Waals surface area contributed by atoms with Crippen molar-refractivity contribution in [2.75, 3.05) is 26.9 Å². The van der Waals surface area contributed by atoms with Gasteiger partial charge in [-0.15, -0.1) is 0 Å². The van der Waals surface area contributed by atoms with Gasteiger partial charge in [0.15, 0.2) is 0 Å². The molecule has 5 nitrogen and oxygen atoms in total. The number of rotatable bonds is 7. The summed E-state index contributed by atoms with van der Waals surface area (Å²) in [5, 5.41) is 3.12.